The van der Waals surface area contributed by atoms with E-state index in [1.807, 2.05) is 19.1 Å². The van der Waals surface area contributed by atoms with Crippen molar-refractivity contribution < 1.29 is 19.1 Å². The van der Waals surface area contributed by atoms with Gasteiger partial charge in [0.1, 0.15) is 5.69 Å². The Labute approximate surface area is 165 Å². The molecular weight excluding hydrogens is 356 g/mol. The van der Waals surface area contributed by atoms with E-state index in [-0.39, 0.29) is 12.0 Å². The van der Waals surface area contributed by atoms with E-state index in [1.54, 1.807) is 10.9 Å². The lowest BCUT2D eigenvalue weighted by Crippen LogP contribution is -2.31. The Morgan fingerprint density at radius 3 is 2.64 bits per heavy atom. The molecule has 1 saturated carbocycles. The summed E-state index contributed by atoms with van der Waals surface area (Å²) in [4.78, 5) is 28.8. The lowest BCUT2D eigenvalue weighted by Gasteiger charge is -2.19. The predicted octanol–water partition coefficient (Wildman–Crippen LogP) is 3.80. The molecule has 0 aliphatic heterocycles. The van der Waals surface area contributed by atoms with Crippen LogP contribution in [0.2, 0.25) is 0 Å². The molecule has 1 heterocycles. The lowest BCUT2D eigenvalue weighted by atomic mass is 9.98. The van der Waals surface area contributed by atoms with Crippen LogP contribution in [-0.4, -0.2) is 34.7 Å². The number of benzene rings is 1. The van der Waals surface area contributed by atoms with Crippen molar-refractivity contribution in [3.8, 4) is 0 Å². The van der Waals surface area contributed by atoms with E-state index < -0.39 is 18.0 Å². The topological polar surface area (TPSA) is 70.4 Å². The highest BCUT2D eigenvalue weighted by atomic mass is 16.6. The minimum absolute atomic E-state index is 0.0536. The fourth-order valence-electron chi connectivity index (χ4n) is 3.41. The molecule has 1 aromatic carbocycles. The van der Waals surface area contributed by atoms with E-state index in [0.717, 1.165) is 24.8 Å². The first-order chi connectivity index (χ1) is 13.4. The van der Waals surface area contributed by atoms with Gasteiger partial charge in [-0.1, -0.05) is 38.1 Å². The molecule has 150 valence electrons. The van der Waals surface area contributed by atoms with Crippen LogP contribution in [0.3, 0.4) is 0 Å². The third-order valence-corrected chi connectivity index (χ3v) is 5.09. The van der Waals surface area contributed by atoms with Gasteiger partial charge in [0, 0.05) is 5.92 Å². The van der Waals surface area contributed by atoms with E-state index in [4.69, 9.17) is 9.47 Å². The van der Waals surface area contributed by atoms with Gasteiger partial charge >= 0.3 is 11.9 Å². The fourth-order valence-corrected chi connectivity index (χ4v) is 3.41. The summed E-state index contributed by atoms with van der Waals surface area (Å²) in [6.07, 6.45) is 5.00. The first-order valence-electron chi connectivity index (χ1n) is 9.80. The molecule has 3 rings (SSSR count). The second-order valence-electron chi connectivity index (χ2n) is 7.89. The molecular formula is C22H28N2O4. The molecule has 0 radical (unpaired) electrons. The summed E-state index contributed by atoms with van der Waals surface area (Å²) in [7, 11) is 1.31. The number of carbonyl (C=O) groups excluding carboxylic acids is 2. The van der Waals surface area contributed by atoms with Crippen LogP contribution in [0.4, 0.5) is 0 Å². The molecule has 0 N–H and O–H groups in total. The average molecular weight is 384 g/mol. The second kappa shape index (κ2) is 8.59. The van der Waals surface area contributed by atoms with Gasteiger partial charge in [0.2, 0.25) is 6.10 Å². The zero-order chi connectivity index (χ0) is 20.3. The Hall–Kier alpha value is -2.63. The Kier molecular flexibility index (Phi) is 6.17. The Balaban J connectivity index is 1.79. The van der Waals surface area contributed by atoms with Crippen LogP contribution in [0, 0.1) is 11.8 Å². The molecule has 6 heteroatoms. The van der Waals surface area contributed by atoms with Crippen molar-refractivity contribution in [3.63, 3.8) is 0 Å². The molecule has 2 aromatic rings. The van der Waals surface area contributed by atoms with Gasteiger partial charge in [0.05, 0.1) is 25.7 Å². The Bertz CT molecular complexity index is 839. The van der Waals surface area contributed by atoms with Gasteiger partial charge in [0.15, 0.2) is 0 Å². The molecule has 1 unspecified atom stereocenters. The van der Waals surface area contributed by atoms with Crippen LogP contribution in [0.25, 0.3) is 0 Å². The van der Waals surface area contributed by atoms with Crippen LogP contribution in [0.1, 0.15) is 61.3 Å². The van der Waals surface area contributed by atoms with Crippen LogP contribution in [0.5, 0.6) is 0 Å². The van der Waals surface area contributed by atoms with Gasteiger partial charge in [-0.3, -0.25) is 0 Å². The Morgan fingerprint density at radius 1 is 1.25 bits per heavy atom. The molecule has 1 aliphatic carbocycles. The van der Waals surface area contributed by atoms with E-state index in [9.17, 15) is 9.59 Å². The highest BCUT2D eigenvalue weighted by Crippen LogP contribution is 2.35. The van der Waals surface area contributed by atoms with Gasteiger partial charge in [-0.2, -0.15) is 0 Å². The number of hydrogen-bond donors (Lipinski definition) is 0. The number of methoxy groups -OCH3 is 1. The highest BCUT2D eigenvalue weighted by molar-refractivity contribution is 5.90. The van der Waals surface area contributed by atoms with Gasteiger partial charge in [-0.05, 0) is 43.2 Å². The summed E-state index contributed by atoms with van der Waals surface area (Å²) in [5.74, 6) is -0.429. The third kappa shape index (κ3) is 4.61. The molecule has 0 saturated heterocycles. The number of esters is 2. The zero-order valence-electron chi connectivity index (χ0n) is 16.9. The van der Waals surface area contributed by atoms with Crippen LogP contribution in [0.15, 0.2) is 36.8 Å². The summed E-state index contributed by atoms with van der Waals surface area (Å²) >= 11 is 0. The van der Waals surface area contributed by atoms with Crippen molar-refractivity contribution in [2.24, 2.45) is 11.8 Å². The number of imidazole rings is 1. The predicted molar refractivity (Wildman–Crippen MR) is 105 cm³/mol. The SMILES string of the molecule is COC(=O)C(OC(=O)c1cncn1[C@H](C)c1cccc(CC(C)C)c1)C1CC1. The first-order valence-corrected chi connectivity index (χ1v) is 9.80. The number of ether oxygens (including phenoxy) is 2. The van der Waals surface area contributed by atoms with Crippen molar-refractivity contribution in [2.75, 3.05) is 7.11 Å². The normalized spacial score (nSPS) is 15.9. The lowest BCUT2D eigenvalue weighted by molar-refractivity contribution is -0.152. The van der Waals surface area contributed by atoms with Gasteiger partial charge in [0.25, 0.3) is 0 Å². The number of carbonyl (C=O) groups is 2. The third-order valence-electron chi connectivity index (χ3n) is 5.09. The minimum Gasteiger partial charge on any atom is -0.466 e. The van der Waals surface area contributed by atoms with Crippen molar-refractivity contribution in [1.82, 2.24) is 9.55 Å². The summed E-state index contributed by atoms with van der Waals surface area (Å²) in [5.41, 5.74) is 2.69. The largest absolute Gasteiger partial charge is 0.466 e. The maximum Gasteiger partial charge on any atom is 0.357 e. The monoisotopic (exact) mass is 384 g/mol. The molecule has 6 nitrogen and oxygen atoms in total. The van der Waals surface area contributed by atoms with E-state index >= 15 is 0 Å². The first kappa shape index (κ1) is 20.1. The smallest absolute Gasteiger partial charge is 0.357 e. The molecule has 28 heavy (non-hydrogen) atoms. The fraction of sp³-hybridized carbons (Fsp3) is 0.500. The Morgan fingerprint density at radius 2 is 2.00 bits per heavy atom. The molecule has 1 fully saturated rings. The summed E-state index contributed by atoms with van der Waals surface area (Å²) in [6.45, 7) is 6.40. The number of nitrogens with zero attached hydrogens (tertiary/aromatic N) is 2. The molecule has 1 aromatic heterocycles. The zero-order valence-corrected chi connectivity index (χ0v) is 16.9. The van der Waals surface area contributed by atoms with Gasteiger partial charge < -0.3 is 14.0 Å². The quantitative estimate of drug-likeness (QED) is 0.648. The average Bonchev–Trinajstić information content (AvgIpc) is 3.39. The maximum absolute atomic E-state index is 12.7. The minimum atomic E-state index is -0.842. The van der Waals surface area contributed by atoms with E-state index in [2.05, 4.69) is 31.0 Å². The molecule has 0 bridgehead atoms. The molecule has 1 aliphatic rings. The van der Waals surface area contributed by atoms with Crippen LogP contribution >= 0.6 is 0 Å². The van der Waals surface area contributed by atoms with E-state index in [1.165, 1.54) is 18.9 Å². The number of hydrogen-bond acceptors (Lipinski definition) is 5. The summed E-state index contributed by atoms with van der Waals surface area (Å²) in [5, 5.41) is 0. The van der Waals surface area contributed by atoms with Crippen molar-refractivity contribution in [1.29, 1.82) is 0 Å². The van der Waals surface area contributed by atoms with Gasteiger partial charge in [-0.25, -0.2) is 14.6 Å². The van der Waals surface area contributed by atoms with Crippen molar-refractivity contribution >= 4 is 11.9 Å². The van der Waals surface area contributed by atoms with Crippen molar-refractivity contribution in [3.05, 3.63) is 53.6 Å². The number of rotatable bonds is 8. The maximum atomic E-state index is 12.7. The summed E-state index contributed by atoms with van der Waals surface area (Å²) in [6, 6.07) is 8.29. The van der Waals surface area contributed by atoms with Crippen LogP contribution in [-0.2, 0) is 20.7 Å². The van der Waals surface area contributed by atoms with Crippen molar-refractivity contribution in [2.45, 2.75) is 52.2 Å². The number of aromatic nitrogens is 2. The van der Waals surface area contributed by atoms with E-state index in [0.29, 0.717) is 11.6 Å². The second-order valence-corrected chi connectivity index (χ2v) is 7.89. The highest BCUT2D eigenvalue weighted by Gasteiger charge is 2.40. The standard InChI is InChI=1S/C22H28N2O4/c1-14(2)10-16-6-5-7-18(11-16)15(3)24-13-23-12-19(24)21(25)28-20(17-8-9-17)22(26)27-4/h5-7,11-15,17,20H,8-10H2,1-4H3/t15-,20?/m1/s1. The molecule has 0 amide bonds. The van der Waals surface area contributed by atoms with Crippen LogP contribution < -0.4 is 0 Å². The molecule has 2 atom stereocenters. The van der Waals surface area contributed by atoms with Gasteiger partial charge in [-0.15, -0.1) is 0 Å². The summed E-state index contributed by atoms with van der Waals surface area (Å²) < 4.78 is 12.1. The molecule has 0 spiro atoms.